The number of hydrogen-bond donors (Lipinski definition) is 4. The van der Waals surface area contributed by atoms with Gasteiger partial charge >= 0.3 is 0 Å². The van der Waals surface area contributed by atoms with Crippen LogP contribution in [0, 0.1) is 10.1 Å². The van der Waals surface area contributed by atoms with Crippen molar-refractivity contribution in [1.82, 2.24) is 0 Å². The first-order valence-corrected chi connectivity index (χ1v) is 3.93. The van der Waals surface area contributed by atoms with Crippen LogP contribution < -0.4 is 0 Å². The molecule has 0 heterocycles. The van der Waals surface area contributed by atoms with Gasteiger partial charge in [-0.15, -0.1) is 0 Å². The Kier molecular flexibility index (Phi) is 3.32. The summed E-state index contributed by atoms with van der Waals surface area (Å²) in [5.74, 6) is 0. The van der Waals surface area contributed by atoms with Crippen molar-refractivity contribution in [1.29, 1.82) is 0 Å². The third kappa shape index (κ3) is 2.70. The molecule has 1 rings (SSSR count). The van der Waals surface area contributed by atoms with Crippen LogP contribution in [0.15, 0.2) is 18.2 Å². The van der Waals surface area contributed by atoms with Gasteiger partial charge in [0.1, 0.15) is 0 Å². The van der Waals surface area contributed by atoms with Gasteiger partial charge < -0.3 is 20.4 Å². The number of nitrogens with zero attached hydrogens (tertiary/aromatic N) is 1. The van der Waals surface area contributed by atoms with E-state index in [2.05, 4.69) is 0 Å². The highest BCUT2D eigenvalue weighted by molar-refractivity contribution is 5.40. The van der Waals surface area contributed by atoms with Gasteiger partial charge in [-0.05, 0) is 6.07 Å². The van der Waals surface area contributed by atoms with Crippen molar-refractivity contribution in [2.45, 2.75) is 12.6 Å². The molecule has 0 aromatic heterocycles. The lowest BCUT2D eigenvalue weighted by Gasteiger charge is -2.08. The van der Waals surface area contributed by atoms with Crippen molar-refractivity contribution in [3.8, 4) is 0 Å². The summed E-state index contributed by atoms with van der Waals surface area (Å²) in [6.07, 6.45) is -3.80. The van der Waals surface area contributed by atoms with Crippen LogP contribution in [0.1, 0.15) is 23.7 Å². The third-order valence-corrected chi connectivity index (χ3v) is 1.77. The molecular weight excluding hydrogens is 206 g/mol. The van der Waals surface area contributed by atoms with E-state index in [9.17, 15) is 10.1 Å². The molecule has 4 N–H and O–H groups in total. The second kappa shape index (κ2) is 4.32. The number of nitro groups is 1. The molecule has 15 heavy (non-hydrogen) atoms. The average molecular weight is 215 g/mol. The highest BCUT2D eigenvalue weighted by Crippen LogP contribution is 2.23. The van der Waals surface area contributed by atoms with Gasteiger partial charge in [-0.1, -0.05) is 0 Å². The maximum atomic E-state index is 10.4. The Bertz CT molecular complexity index is 349. The van der Waals surface area contributed by atoms with Crippen LogP contribution in [0.3, 0.4) is 0 Å². The van der Waals surface area contributed by atoms with E-state index in [0.717, 1.165) is 18.2 Å². The van der Waals surface area contributed by atoms with Crippen molar-refractivity contribution in [2.24, 2.45) is 0 Å². The molecule has 0 fully saturated rings. The second-order valence-corrected chi connectivity index (χ2v) is 2.86. The summed E-state index contributed by atoms with van der Waals surface area (Å²) in [5.41, 5.74) is -0.789. The molecule has 0 aliphatic carbocycles. The molecule has 82 valence electrons. The molecule has 1 aromatic rings. The molecule has 0 saturated carbocycles. The molecule has 0 spiro atoms. The molecule has 0 bridgehead atoms. The Morgan fingerprint density at radius 2 is 1.40 bits per heavy atom. The predicted octanol–water partition coefficient (Wildman–Crippen LogP) is -0.439. The zero-order valence-electron chi connectivity index (χ0n) is 7.44. The van der Waals surface area contributed by atoms with Crippen LogP contribution in [0.2, 0.25) is 0 Å². The summed E-state index contributed by atoms with van der Waals surface area (Å²) < 4.78 is 0. The molecule has 7 heteroatoms. The summed E-state index contributed by atoms with van der Waals surface area (Å²) in [4.78, 5) is 9.66. The lowest BCUT2D eigenvalue weighted by Crippen LogP contribution is -2.02. The minimum atomic E-state index is -1.90. The number of benzene rings is 1. The fourth-order valence-corrected chi connectivity index (χ4v) is 1.06. The molecule has 0 aliphatic heterocycles. The third-order valence-electron chi connectivity index (χ3n) is 1.77. The van der Waals surface area contributed by atoms with Crippen LogP contribution in [-0.2, 0) is 0 Å². The van der Waals surface area contributed by atoms with Crippen LogP contribution in [0.5, 0.6) is 0 Å². The zero-order chi connectivity index (χ0) is 11.6. The monoisotopic (exact) mass is 215 g/mol. The van der Waals surface area contributed by atoms with Crippen molar-refractivity contribution in [3.05, 3.63) is 39.4 Å². The summed E-state index contributed by atoms with van der Waals surface area (Å²) in [7, 11) is 0. The molecule has 7 nitrogen and oxygen atoms in total. The topological polar surface area (TPSA) is 124 Å². The van der Waals surface area contributed by atoms with Gasteiger partial charge in [0.15, 0.2) is 12.6 Å². The maximum Gasteiger partial charge on any atom is 0.270 e. The number of non-ortho nitro benzene ring substituents is 1. The summed E-state index contributed by atoms with van der Waals surface area (Å²) >= 11 is 0. The lowest BCUT2D eigenvalue weighted by atomic mass is 10.1. The number of aliphatic hydroxyl groups is 4. The van der Waals surface area contributed by atoms with Crippen LogP contribution >= 0.6 is 0 Å². The Balaban J connectivity index is 3.26. The van der Waals surface area contributed by atoms with Crippen molar-refractivity contribution in [3.63, 3.8) is 0 Å². The number of nitro benzene ring substituents is 1. The average Bonchev–Trinajstić information content (AvgIpc) is 2.16. The number of rotatable bonds is 3. The molecule has 0 unspecified atom stereocenters. The fraction of sp³-hybridized carbons (Fsp3) is 0.250. The van der Waals surface area contributed by atoms with E-state index in [0.29, 0.717) is 0 Å². The Hall–Kier alpha value is -1.54. The Labute approximate surface area is 84.0 Å². The quantitative estimate of drug-likeness (QED) is 0.308. The molecular formula is C8H9NO6. The van der Waals surface area contributed by atoms with Crippen molar-refractivity contribution < 1.29 is 25.3 Å². The minimum Gasteiger partial charge on any atom is -0.364 e. The normalized spacial score (nSPS) is 11.1. The van der Waals surface area contributed by atoms with E-state index < -0.39 is 23.2 Å². The maximum absolute atomic E-state index is 10.4. The molecule has 0 aliphatic rings. The van der Waals surface area contributed by atoms with Crippen LogP contribution in [-0.4, -0.2) is 25.3 Å². The van der Waals surface area contributed by atoms with Gasteiger partial charge in [0.05, 0.1) is 4.92 Å². The van der Waals surface area contributed by atoms with Gasteiger partial charge in [0.2, 0.25) is 0 Å². The summed E-state index contributed by atoms with van der Waals surface area (Å²) in [5, 5.41) is 45.7. The van der Waals surface area contributed by atoms with E-state index in [4.69, 9.17) is 20.4 Å². The standard InChI is InChI=1S/C8H9NO6/c10-7(11)4-1-5(8(12)13)3-6(2-4)9(14)15/h1-3,7-8,10-13H. The Morgan fingerprint density at radius 1 is 1.00 bits per heavy atom. The lowest BCUT2D eigenvalue weighted by molar-refractivity contribution is -0.385. The van der Waals surface area contributed by atoms with Gasteiger partial charge in [-0.3, -0.25) is 10.1 Å². The van der Waals surface area contributed by atoms with Crippen molar-refractivity contribution in [2.75, 3.05) is 0 Å². The first-order chi connectivity index (χ1) is 6.91. The molecule has 0 amide bonds. The van der Waals surface area contributed by atoms with E-state index in [1.165, 1.54) is 0 Å². The Morgan fingerprint density at radius 3 is 1.67 bits per heavy atom. The van der Waals surface area contributed by atoms with Gasteiger partial charge in [0.25, 0.3) is 5.69 Å². The smallest absolute Gasteiger partial charge is 0.270 e. The largest absolute Gasteiger partial charge is 0.364 e. The first-order valence-electron chi connectivity index (χ1n) is 3.93. The van der Waals surface area contributed by atoms with Crippen LogP contribution in [0.25, 0.3) is 0 Å². The van der Waals surface area contributed by atoms with Crippen LogP contribution in [0.4, 0.5) is 5.69 Å². The van der Waals surface area contributed by atoms with Gasteiger partial charge in [-0.2, -0.15) is 0 Å². The predicted molar refractivity (Wildman–Crippen MR) is 47.5 cm³/mol. The zero-order valence-corrected chi connectivity index (χ0v) is 7.44. The number of aliphatic hydroxyl groups excluding tert-OH is 2. The van der Waals surface area contributed by atoms with E-state index in [1.54, 1.807) is 0 Å². The van der Waals surface area contributed by atoms with Gasteiger partial charge in [-0.25, -0.2) is 0 Å². The van der Waals surface area contributed by atoms with Gasteiger partial charge in [0, 0.05) is 23.3 Å². The van der Waals surface area contributed by atoms with Crippen molar-refractivity contribution >= 4 is 5.69 Å². The molecule has 0 atom stereocenters. The minimum absolute atomic E-state index is 0.174. The summed E-state index contributed by atoms with van der Waals surface area (Å²) in [6.45, 7) is 0. The highest BCUT2D eigenvalue weighted by Gasteiger charge is 2.15. The highest BCUT2D eigenvalue weighted by atomic mass is 16.6. The van der Waals surface area contributed by atoms with E-state index in [1.807, 2.05) is 0 Å². The second-order valence-electron chi connectivity index (χ2n) is 2.86. The van der Waals surface area contributed by atoms with E-state index in [-0.39, 0.29) is 11.1 Å². The van der Waals surface area contributed by atoms with E-state index >= 15 is 0 Å². The molecule has 1 aromatic carbocycles. The first kappa shape index (κ1) is 11.5. The number of hydrogen-bond acceptors (Lipinski definition) is 6. The molecule has 0 radical (unpaired) electrons. The summed E-state index contributed by atoms with van der Waals surface area (Å²) in [6, 6.07) is 2.94. The fourth-order valence-electron chi connectivity index (χ4n) is 1.06. The molecule has 0 saturated heterocycles. The SMILES string of the molecule is O=[N+]([O-])c1cc(C(O)O)cc(C(O)O)c1.